The molecule has 0 heterocycles. The van der Waals surface area contributed by atoms with Crippen LogP contribution in [0.15, 0.2) is 42.5 Å². The first-order valence-corrected chi connectivity index (χ1v) is 9.56. The van der Waals surface area contributed by atoms with E-state index in [2.05, 4.69) is 5.32 Å². The van der Waals surface area contributed by atoms with E-state index >= 15 is 0 Å². The molecule has 10 heteroatoms. The van der Waals surface area contributed by atoms with Crippen molar-refractivity contribution in [2.24, 2.45) is 0 Å². The fraction of sp³-hybridized carbons (Fsp3) is 0.278. The molecule has 8 nitrogen and oxygen atoms in total. The van der Waals surface area contributed by atoms with Gasteiger partial charge in [-0.2, -0.15) is 12.7 Å². The second-order valence-corrected chi connectivity index (χ2v) is 7.96. The number of carbonyl (C=O) groups excluding carboxylic acids is 1. The van der Waals surface area contributed by atoms with Gasteiger partial charge in [0.1, 0.15) is 12.4 Å². The molecular formula is C18H22FN3O5S. The predicted molar refractivity (Wildman–Crippen MR) is 105 cm³/mol. The van der Waals surface area contributed by atoms with Crippen molar-refractivity contribution in [3.63, 3.8) is 0 Å². The predicted octanol–water partition coefficient (Wildman–Crippen LogP) is 2.09. The highest BCUT2D eigenvalue weighted by Gasteiger charge is 2.27. The number of rotatable bonds is 8. The second kappa shape index (κ2) is 8.89. The number of hydrogen-bond acceptors (Lipinski definition) is 5. The minimum atomic E-state index is -3.98. The van der Waals surface area contributed by atoms with Crippen LogP contribution in [0, 0.1) is 5.82 Å². The third-order valence-electron chi connectivity index (χ3n) is 3.81. The Morgan fingerprint density at radius 3 is 2.18 bits per heavy atom. The summed E-state index contributed by atoms with van der Waals surface area (Å²) in [6.07, 6.45) is 0. The van der Waals surface area contributed by atoms with Crippen LogP contribution in [-0.4, -0.2) is 53.5 Å². The third-order valence-corrected chi connectivity index (χ3v) is 5.63. The number of amides is 1. The number of hydrogen-bond donors (Lipinski definition) is 1. The number of halogens is 1. The Morgan fingerprint density at radius 1 is 1.04 bits per heavy atom. The molecule has 0 aliphatic heterocycles. The SMILES string of the molecule is COc1ccc(NC(=O)CN(c2ccc(F)cc2)S(=O)(=O)N(C)C)cc1OC. The number of methoxy groups -OCH3 is 2. The van der Waals surface area contributed by atoms with Gasteiger partial charge in [0.15, 0.2) is 11.5 Å². The first-order chi connectivity index (χ1) is 13.2. The molecule has 0 spiro atoms. The molecule has 2 aromatic carbocycles. The van der Waals surface area contributed by atoms with Crippen LogP contribution in [0.1, 0.15) is 0 Å². The summed E-state index contributed by atoms with van der Waals surface area (Å²) >= 11 is 0. The van der Waals surface area contributed by atoms with Crippen molar-refractivity contribution < 1.29 is 27.1 Å². The number of carbonyl (C=O) groups is 1. The Hall–Kier alpha value is -2.85. The molecule has 0 aromatic heterocycles. The molecule has 0 saturated carbocycles. The van der Waals surface area contributed by atoms with Crippen LogP contribution in [0.5, 0.6) is 11.5 Å². The van der Waals surface area contributed by atoms with E-state index < -0.39 is 28.5 Å². The lowest BCUT2D eigenvalue weighted by Gasteiger charge is -2.27. The van der Waals surface area contributed by atoms with Crippen molar-refractivity contribution >= 4 is 27.5 Å². The molecule has 2 rings (SSSR count). The first kappa shape index (κ1) is 21.5. The van der Waals surface area contributed by atoms with E-state index in [-0.39, 0.29) is 5.69 Å². The van der Waals surface area contributed by atoms with Crippen molar-refractivity contribution in [3.8, 4) is 11.5 Å². The van der Waals surface area contributed by atoms with Crippen molar-refractivity contribution in [2.45, 2.75) is 0 Å². The second-order valence-electron chi connectivity index (χ2n) is 5.89. The fourth-order valence-electron chi connectivity index (χ4n) is 2.36. The highest BCUT2D eigenvalue weighted by molar-refractivity contribution is 7.90. The number of nitrogens with zero attached hydrogens (tertiary/aromatic N) is 2. The van der Waals surface area contributed by atoms with Gasteiger partial charge in [-0.1, -0.05) is 0 Å². The quantitative estimate of drug-likeness (QED) is 0.719. The van der Waals surface area contributed by atoms with Gasteiger partial charge in [-0.05, 0) is 36.4 Å². The molecule has 1 amide bonds. The molecule has 0 bridgehead atoms. The van der Waals surface area contributed by atoms with Gasteiger partial charge in [-0.3, -0.25) is 4.79 Å². The Labute approximate surface area is 163 Å². The molecular weight excluding hydrogens is 389 g/mol. The van der Waals surface area contributed by atoms with E-state index in [1.807, 2.05) is 0 Å². The largest absolute Gasteiger partial charge is 0.493 e. The molecule has 0 unspecified atom stereocenters. The average Bonchev–Trinajstić information content (AvgIpc) is 2.66. The maximum Gasteiger partial charge on any atom is 0.304 e. The van der Waals surface area contributed by atoms with Gasteiger partial charge >= 0.3 is 10.2 Å². The lowest BCUT2D eigenvalue weighted by Crippen LogP contribution is -2.44. The van der Waals surface area contributed by atoms with Gasteiger partial charge in [-0.25, -0.2) is 8.70 Å². The fourth-order valence-corrected chi connectivity index (χ4v) is 3.42. The maximum absolute atomic E-state index is 13.2. The normalized spacial score (nSPS) is 11.2. The van der Waals surface area contributed by atoms with Crippen molar-refractivity contribution in [1.29, 1.82) is 0 Å². The van der Waals surface area contributed by atoms with Gasteiger partial charge in [-0.15, -0.1) is 0 Å². The van der Waals surface area contributed by atoms with E-state index in [1.165, 1.54) is 40.4 Å². The lowest BCUT2D eigenvalue weighted by molar-refractivity contribution is -0.114. The highest BCUT2D eigenvalue weighted by atomic mass is 32.2. The third kappa shape index (κ3) is 4.90. The molecule has 0 saturated heterocycles. The summed E-state index contributed by atoms with van der Waals surface area (Å²) in [5, 5.41) is 2.62. The van der Waals surface area contributed by atoms with E-state index in [1.54, 1.807) is 18.2 Å². The van der Waals surface area contributed by atoms with Crippen LogP contribution < -0.4 is 19.1 Å². The first-order valence-electron chi connectivity index (χ1n) is 8.16. The summed E-state index contributed by atoms with van der Waals surface area (Å²) in [6, 6.07) is 9.60. The standard InChI is InChI=1S/C18H22FN3O5S/c1-21(2)28(24,25)22(15-8-5-13(19)6-9-15)12-18(23)20-14-7-10-16(26-3)17(11-14)27-4/h5-11H,12H2,1-4H3,(H,20,23). The lowest BCUT2D eigenvalue weighted by atomic mass is 10.2. The zero-order valence-electron chi connectivity index (χ0n) is 16.0. The minimum Gasteiger partial charge on any atom is -0.493 e. The summed E-state index contributed by atoms with van der Waals surface area (Å²) in [5.74, 6) is -0.192. The van der Waals surface area contributed by atoms with E-state index in [4.69, 9.17) is 9.47 Å². The van der Waals surface area contributed by atoms with Gasteiger partial charge in [0.2, 0.25) is 5.91 Å². The molecule has 0 radical (unpaired) electrons. The van der Waals surface area contributed by atoms with Crippen LogP contribution in [0.2, 0.25) is 0 Å². The van der Waals surface area contributed by atoms with Gasteiger partial charge in [0.25, 0.3) is 0 Å². The molecule has 1 N–H and O–H groups in total. The number of benzene rings is 2. The van der Waals surface area contributed by atoms with Crippen LogP contribution in [-0.2, 0) is 15.0 Å². The Kier molecular flexibility index (Phi) is 6.81. The van der Waals surface area contributed by atoms with E-state index in [9.17, 15) is 17.6 Å². The van der Waals surface area contributed by atoms with Crippen LogP contribution >= 0.6 is 0 Å². The van der Waals surface area contributed by atoms with E-state index in [0.29, 0.717) is 17.2 Å². The molecule has 0 aliphatic rings. The highest BCUT2D eigenvalue weighted by Crippen LogP contribution is 2.29. The molecule has 152 valence electrons. The molecule has 0 atom stereocenters. The van der Waals surface area contributed by atoms with Crippen LogP contribution in [0.3, 0.4) is 0 Å². The number of ether oxygens (including phenoxy) is 2. The zero-order valence-corrected chi connectivity index (χ0v) is 16.8. The van der Waals surface area contributed by atoms with Crippen LogP contribution in [0.25, 0.3) is 0 Å². The monoisotopic (exact) mass is 411 g/mol. The topological polar surface area (TPSA) is 88.2 Å². The Balaban J connectivity index is 2.27. The van der Waals surface area contributed by atoms with Gasteiger partial charge in [0.05, 0.1) is 19.9 Å². The summed E-state index contributed by atoms with van der Waals surface area (Å²) in [7, 11) is 1.66. The molecule has 2 aromatic rings. The van der Waals surface area contributed by atoms with E-state index in [0.717, 1.165) is 20.7 Å². The summed E-state index contributed by atoms with van der Waals surface area (Å²) < 4.78 is 50.6. The summed E-state index contributed by atoms with van der Waals surface area (Å²) in [6.45, 7) is -0.500. The smallest absolute Gasteiger partial charge is 0.304 e. The Bertz CT molecular complexity index is 933. The van der Waals surface area contributed by atoms with Crippen LogP contribution in [0.4, 0.5) is 15.8 Å². The van der Waals surface area contributed by atoms with Gasteiger partial charge < -0.3 is 14.8 Å². The maximum atomic E-state index is 13.2. The van der Waals surface area contributed by atoms with Gasteiger partial charge in [0, 0.05) is 25.8 Å². The molecule has 0 fully saturated rings. The average molecular weight is 411 g/mol. The summed E-state index contributed by atoms with van der Waals surface area (Å²) in [4.78, 5) is 12.5. The minimum absolute atomic E-state index is 0.164. The number of anilines is 2. The summed E-state index contributed by atoms with van der Waals surface area (Å²) in [5.41, 5.74) is 0.571. The number of nitrogens with one attached hydrogen (secondary N) is 1. The molecule has 0 aliphatic carbocycles. The van der Waals surface area contributed by atoms with Crippen molar-refractivity contribution in [1.82, 2.24) is 4.31 Å². The van der Waals surface area contributed by atoms with Crippen molar-refractivity contribution in [2.75, 3.05) is 44.5 Å². The Morgan fingerprint density at radius 2 is 1.64 bits per heavy atom. The molecule has 28 heavy (non-hydrogen) atoms. The zero-order chi connectivity index (χ0) is 20.9. The van der Waals surface area contributed by atoms with Crippen molar-refractivity contribution in [3.05, 3.63) is 48.3 Å².